The largest absolute Gasteiger partial charge is 0.396 e. The van der Waals surface area contributed by atoms with Crippen LogP contribution in [0.2, 0.25) is 0 Å². The summed E-state index contributed by atoms with van der Waals surface area (Å²) in [6.07, 6.45) is 0.871. The highest BCUT2D eigenvalue weighted by Gasteiger charge is 2.09. The van der Waals surface area contributed by atoms with Gasteiger partial charge in [-0.3, -0.25) is 0 Å². The van der Waals surface area contributed by atoms with Gasteiger partial charge in [0.2, 0.25) is 0 Å². The molecule has 0 aliphatic carbocycles. The summed E-state index contributed by atoms with van der Waals surface area (Å²) in [5.41, 5.74) is 2.44. The highest BCUT2D eigenvalue weighted by molar-refractivity contribution is 5.24. The number of hydrogen-bond donors (Lipinski definition) is 1. The van der Waals surface area contributed by atoms with Gasteiger partial charge in [0.05, 0.1) is 6.61 Å². The Morgan fingerprint density at radius 1 is 1.29 bits per heavy atom. The van der Waals surface area contributed by atoms with E-state index in [2.05, 4.69) is 31.2 Å². The monoisotopic (exact) mass is 194 g/mol. The quantitative estimate of drug-likeness (QED) is 0.778. The molecule has 0 fully saturated rings. The number of ether oxygens (including phenoxy) is 1. The zero-order valence-corrected chi connectivity index (χ0v) is 8.86. The van der Waals surface area contributed by atoms with Crippen LogP contribution in [-0.4, -0.2) is 25.4 Å². The van der Waals surface area contributed by atoms with Gasteiger partial charge in [-0.15, -0.1) is 0 Å². The summed E-state index contributed by atoms with van der Waals surface area (Å²) >= 11 is 0. The van der Waals surface area contributed by atoms with E-state index < -0.39 is 0 Å². The summed E-state index contributed by atoms with van der Waals surface area (Å²) in [7, 11) is 1.68. The van der Waals surface area contributed by atoms with Gasteiger partial charge >= 0.3 is 0 Å². The lowest BCUT2D eigenvalue weighted by molar-refractivity contribution is 0.169. The summed E-state index contributed by atoms with van der Waals surface area (Å²) < 4.78 is 5.01. The lowest BCUT2D eigenvalue weighted by Gasteiger charge is -2.13. The Morgan fingerprint density at radius 3 is 2.43 bits per heavy atom. The van der Waals surface area contributed by atoms with Crippen LogP contribution in [0.15, 0.2) is 24.3 Å². The first-order valence-corrected chi connectivity index (χ1v) is 4.94. The van der Waals surface area contributed by atoms with Gasteiger partial charge in [-0.05, 0) is 18.9 Å². The minimum Gasteiger partial charge on any atom is -0.396 e. The summed E-state index contributed by atoms with van der Waals surface area (Å²) in [6.45, 7) is 2.94. The average molecular weight is 194 g/mol. The van der Waals surface area contributed by atoms with Gasteiger partial charge in [0.15, 0.2) is 0 Å². The average Bonchev–Trinajstić information content (AvgIpc) is 2.21. The molecule has 1 atom stereocenters. The molecule has 0 saturated heterocycles. The van der Waals surface area contributed by atoms with Crippen molar-refractivity contribution in [3.05, 3.63) is 35.4 Å². The summed E-state index contributed by atoms with van der Waals surface area (Å²) in [5, 5.41) is 9.22. The van der Waals surface area contributed by atoms with Crippen LogP contribution >= 0.6 is 0 Å². The van der Waals surface area contributed by atoms with Gasteiger partial charge in [0.1, 0.15) is 0 Å². The van der Waals surface area contributed by atoms with Crippen LogP contribution in [-0.2, 0) is 4.74 Å². The van der Waals surface area contributed by atoms with E-state index in [1.54, 1.807) is 7.11 Å². The lowest BCUT2D eigenvalue weighted by Crippen LogP contribution is -2.07. The van der Waals surface area contributed by atoms with Crippen molar-refractivity contribution in [2.75, 3.05) is 20.3 Å². The molecule has 1 aromatic rings. The van der Waals surface area contributed by atoms with Crippen molar-refractivity contribution in [3.8, 4) is 0 Å². The molecular formula is C12H18O2. The fourth-order valence-corrected chi connectivity index (χ4v) is 1.46. The number of rotatable bonds is 5. The Kier molecular flexibility index (Phi) is 4.63. The minimum absolute atomic E-state index is 0.187. The third-order valence-corrected chi connectivity index (χ3v) is 2.44. The molecule has 1 rings (SSSR count). The number of hydrogen-bond acceptors (Lipinski definition) is 2. The Labute approximate surface area is 85.5 Å². The molecule has 0 radical (unpaired) electrons. The molecule has 0 saturated carbocycles. The Bertz CT molecular complexity index is 254. The van der Waals surface area contributed by atoms with Crippen molar-refractivity contribution < 1.29 is 9.84 Å². The van der Waals surface area contributed by atoms with Gasteiger partial charge in [0.25, 0.3) is 0 Å². The van der Waals surface area contributed by atoms with Gasteiger partial charge < -0.3 is 9.84 Å². The maximum atomic E-state index is 9.22. The van der Waals surface area contributed by atoms with E-state index in [1.807, 2.05) is 0 Å². The minimum atomic E-state index is 0.187. The summed E-state index contributed by atoms with van der Waals surface area (Å²) in [5.74, 6) is 0.204. The standard InChI is InChI=1S/C12H18O2/c1-10-3-5-11(6-4-10)12(9-13)7-8-14-2/h3-6,12-13H,7-9H2,1-2H3. The maximum absolute atomic E-state index is 9.22. The van der Waals surface area contributed by atoms with Gasteiger partial charge in [-0.25, -0.2) is 0 Å². The van der Waals surface area contributed by atoms with Gasteiger partial charge in [-0.1, -0.05) is 29.8 Å². The number of aliphatic hydroxyl groups is 1. The van der Waals surface area contributed by atoms with Crippen LogP contribution < -0.4 is 0 Å². The molecule has 0 aliphatic rings. The topological polar surface area (TPSA) is 29.5 Å². The van der Waals surface area contributed by atoms with Crippen molar-refractivity contribution in [3.63, 3.8) is 0 Å². The molecule has 2 heteroatoms. The molecule has 14 heavy (non-hydrogen) atoms. The van der Waals surface area contributed by atoms with Gasteiger partial charge in [-0.2, -0.15) is 0 Å². The van der Waals surface area contributed by atoms with Gasteiger partial charge in [0, 0.05) is 19.6 Å². The molecule has 0 spiro atoms. The second-order valence-electron chi connectivity index (χ2n) is 3.57. The van der Waals surface area contributed by atoms with Crippen molar-refractivity contribution in [2.45, 2.75) is 19.3 Å². The molecule has 0 bridgehead atoms. The highest BCUT2D eigenvalue weighted by atomic mass is 16.5. The van der Waals surface area contributed by atoms with E-state index in [1.165, 1.54) is 11.1 Å². The molecular weight excluding hydrogens is 176 g/mol. The maximum Gasteiger partial charge on any atom is 0.0500 e. The van der Waals surface area contributed by atoms with Crippen molar-refractivity contribution in [2.24, 2.45) is 0 Å². The van der Waals surface area contributed by atoms with Crippen LogP contribution in [0.5, 0.6) is 0 Å². The van der Waals surface area contributed by atoms with Crippen molar-refractivity contribution >= 4 is 0 Å². The zero-order valence-electron chi connectivity index (χ0n) is 8.86. The third kappa shape index (κ3) is 3.13. The summed E-state index contributed by atoms with van der Waals surface area (Å²) in [4.78, 5) is 0. The first kappa shape index (κ1) is 11.2. The Balaban J connectivity index is 2.64. The first-order chi connectivity index (χ1) is 6.77. The van der Waals surface area contributed by atoms with Crippen LogP contribution in [0.3, 0.4) is 0 Å². The fourth-order valence-electron chi connectivity index (χ4n) is 1.46. The lowest BCUT2D eigenvalue weighted by atomic mass is 9.96. The predicted octanol–water partition coefficient (Wildman–Crippen LogP) is 2.11. The molecule has 0 amide bonds. The molecule has 1 unspecified atom stereocenters. The molecule has 0 aromatic heterocycles. The first-order valence-electron chi connectivity index (χ1n) is 4.94. The van der Waals surface area contributed by atoms with Crippen molar-refractivity contribution in [1.29, 1.82) is 0 Å². The van der Waals surface area contributed by atoms with Crippen LogP contribution in [0.4, 0.5) is 0 Å². The molecule has 1 aromatic carbocycles. The zero-order chi connectivity index (χ0) is 10.4. The van der Waals surface area contributed by atoms with E-state index in [9.17, 15) is 5.11 Å². The number of aryl methyl sites for hydroxylation is 1. The van der Waals surface area contributed by atoms with Crippen molar-refractivity contribution in [1.82, 2.24) is 0 Å². The third-order valence-electron chi connectivity index (χ3n) is 2.44. The van der Waals surface area contributed by atoms with Crippen LogP contribution in [0.1, 0.15) is 23.5 Å². The van der Waals surface area contributed by atoms with E-state index in [-0.39, 0.29) is 12.5 Å². The normalized spacial score (nSPS) is 12.8. The summed E-state index contributed by atoms with van der Waals surface area (Å²) in [6, 6.07) is 8.30. The van der Waals surface area contributed by atoms with Crippen LogP contribution in [0, 0.1) is 6.92 Å². The SMILES string of the molecule is COCCC(CO)c1ccc(C)cc1. The van der Waals surface area contributed by atoms with E-state index in [4.69, 9.17) is 4.74 Å². The molecule has 2 nitrogen and oxygen atoms in total. The predicted molar refractivity (Wildman–Crippen MR) is 57.5 cm³/mol. The highest BCUT2D eigenvalue weighted by Crippen LogP contribution is 2.19. The van der Waals surface area contributed by atoms with E-state index >= 15 is 0 Å². The second-order valence-corrected chi connectivity index (χ2v) is 3.57. The molecule has 78 valence electrons. The smallest absolute Gasteiger partial charge is 0.0500 e. The Morgan fingerprint density at radius 2 is 1.93 bits per heavy atom. The van der Waals surface area contributed by atoms with E-state index in [0.29, 0.717) is 6.61 Å². The second kappa shape index (κ2) is 5.78. The molecule has 0 aliphatic heterocycles. The number of methoxy groups -OCH3 is 1. The fraction of sp³-hybridized carbons (Fsp3) is 0.500. The van der Waals surface area contributed by atoms with E-state index in [0.717, 1.165) is 6.42 Å². The molecule has 0 heterocycles. The number of aliphatic hydroxyl groups excluding tert-OH is 1. The number of benzene rings is 1. The molecule has 1 N–H and O–H groups in total. The van der Waals surface area contributed by atoms with Crippen LogP contribution in [0.25, 0.3) is 0 Å². The Hall–Kier alpha value is -0.860.